The van der Waals surface area contributed by atoms with Gasteiger partial charge >= 0.3 is 0 Å². The summed E-state index contributed by atoms with van der Waals surface area (Å²) in [5, 5.41) is 2.88. The van der Waals surface area contributed by atoms with Crippen LogP contribution in [0.5, 0.6) is 0 Å². The molecule has 2 nitrogen and oxygen atoms in total. The first-order valence-electron chi connectivity index (χ1n) is 5.53. The molecule has 1 amide bonds. The van der Waals surface area contributed by atoms with Crippen LogP contribution < -0.4 is 5.32 Å². The number of thiol groups is 1. The number of carbonyl (C=O) groups excluding carboxylic acids is 1. The van der Waals surface area contributed by atoms with Gasteiger partial charge in [0.25, 0.3) is 5.91 Å². The minimum absolute atomic E-state index is 0.177. The Morgan fingerprint density at radius 2 is 1.89 bits per heavy atom. The van der Waals surface area contributed by atoms with Crippen molar-refractivity contribution in [2.75, 3.05) is 5.32 Å². The lowest BCUT2D eigenvalue weighted by molar-refractivity contribution is 0.102. The predicted octanol–water partition coefficient (Wildman–Crippen LogP) is 5.06. The molecular weight excluding hydrogens is 390 g/mol. The number of carbonyl (C=O) groups is 1. The first-order valence-corrected chi connectivity index (χ1v) is 7.56. The van der Waals surface area contributed by atoms with E-state index in [0.29, 0.717) is 10.5 Å². The summed E-state index contributed by atoms with van der Waals surface area (Å²) in [6, 6.07) is 11.2. The lowest BCUT2D eigenvalue weighted by Gasteiger charge is -2.10. The molecule has 1 N–H and O–H groups in total. The van der Waals surface area contributed by atoms with Crippen LogP contribution in [0.3, 0.4) is 0 Å². The van der Waals surface area contributed by atoms with Crippen molar-refractivity contribution >= 4 is 56.1 Å². The third-order valence-electron chi connectivity index (χ3n) is 2.57. The van der Waals surface area contributed by atoms with Gasteiger partial charge in [-0.15, -0.1) is 12.6 Å². The molecule has 0 aliphatic rings. The molecule has 0 fully saturated rings. The van der Waals surface area contributed by atoms with E-state index in [4.69, 9.17) is 0 Å². The molecule has 0 spiro atoms. The Kier molecular flexibility index (Phi) is 4.71. The van der Waals surface area contributed by atoms with Crippen molar-refractivity contribution in [2.24, 2.45) is 0 Å². The maximum absolute atomic E-state index is 12.2. The Morgan fingerprint density at radius 3 is 2.58 bits per heavy atom. The number of benzene rings is 2. The lowest BCUT2D eigenvalue weighted by Crippen LogP contribution is -2.13. The molecule has 0 bridgehead atoms. The van der Waals surface area contributed by atoms with Crippen LogP contribution in [-0.4, -0.2) is 5.91 Å². The van der Waals surface area contributed by atoms with Crippen LogP contribution in [0, 0.1) is 6.92 Å². The minimum Gasteiger partial charge on any atom is -0.321 e. The van der Waals surface area contributed by atoms with E-state index in [1.807, 2.05) is 31.2 Å². The van der Waals surface area contributed by atoms with E-state index in [1.165, 1.54) is 0 Å². The van der Waals surface area contributed by atoms with E-state index in [-0.39, 0.29) is 5.91 Å². The normalized spacial score (nSPS) is 10.3. The van der Waals surface area contributed by atoms with Gasteiger partial charge in [-0.25, -0.2) is 0 Å². The van der Waals surface area contributed by atoms with Gasteiger partial charge in [-0.2, -0.15) is 0 Å². The van der Waals surface area contributed by atoms with Crippen LogP contribution >= 0.6 is 44.5 Å². The molecule has 2 aromatic carbocycles. The zero-order chi connectivity index (χ0) is 14.0. The summed E-state index contributed by atoms with van der Waals surface area (Å²) in [7, 11) is 0. The molecule has 0 saturated carbocycles. The summed E-state index contributed by atoms with van der Waals surface area (Å²) in [5.41, 5.74) is 2.38. The van der Waals surface area contributed by atoms with Crippen molar-refractivity contribution in [2.45, 2.75) is 11.8 Å². The second-order valence-electron chi connectivity index (χ2n) is 4.10. The maximum Gasteiger partial charge on any atom is 0.256 e. The van der Waals surface area contributed by atoms with Gasteiger partial charge in [-0.3, -0.25) is 4.79 Å². The molecule has 0 radical (unpaired) electrons. The SMILES string of the molecule is Cc1ccc(Br)c(NC(=O)c2ccc(Br)cc2S)c1. The Morgan fingerprint density at radius 1 is 1.16 bits per heavy atom. The Labute approximate surface area is 134 Å². The third kappa shape index (κ3) is 3.61. The summed E-state index contributed by atoms with van der Waals surface area (Å²) in [4.78, 5) is 12.8. The number of nitrogens with one attached hydrogen (secondary N) is 1. The number of amides is 1. The van der Waals surface area contributed by atoms with Gasteiger partial charge in [-0.05, 0) is 58.7 Å². The van der Waals surface area contributed by atoms with Gasteiger partial charge < -0.3 is 5.32 Å². The predicted molar refractivity (Wildman–Crippen MR) is 88.2 cm³/mol. The molecule has 0 aliphatic carbocycles. The van der Waals surface area contributed by atoms with Gasteiger partial charge in [0.05, 0.1) is 11.3 Å². The topological polar surface area (TPSA) is 29.1 Å². The van der Waals surface area contributed by atoms with Crippen LogP contribution in [0.15, 0.2) is 50.2 Å². The fraction of sp³-hybridized carbons (Fsp3) is 0.0714. The van der Waals surface area contributed by atoms with Crippen LogP contribution in [0.2, 0.25) is 0 Å². The first-order chi connectivity index (χ1) is 8.97. The summed E-state index contributed by atoms with van der Waals surface area (Å²) in [6.07, 6.45) is 0. The van der Waals surface area contributed by atoms with E-state index in [0.717, 1.165) is 20.2 Å². The Bertz CT molecular complexity index is 643. The highest BCUT2D eigenvalue weighted by Gasteiger charge is 2.11. The van der Waals surface area contributed by atoms with Crippen molar-refractivity contribution in [1.29, 1.82) is 0 Å². The molecule has 0 unspecified atom stereocenters. The number of rotatable bonds is 2. The van der Waals surface area contributed by atoms with E-state index >= 15 is 0 Å². The molecule has 2 aromatic rings. The monoisotopic (exact) mass is 399 g/mol. The highest BCUT2D eigenvalue weighted by Crippen LogP contribution is 2.25. The smallest absolute Gasteiger partial charge is 0.256 e. The number of aryl methyl sites for hydroxylation is 1. The van der Waals surface area contributed by atoms with E-state index in [1.54, 1.807) is 12.1 Å². The number of halogens is 2. The highest BCUT2D eigenvalue weighted by atomic mass is 79.9. The van der Waals surface area contributed by atoms with Crippen LogP contribution in [-0.2, 0) is 0 Å². The number of hydrogen-bond donors (Lipinski definition) is 2. The quantitative estimate of drug-likeness (QED) is 0.677. The molecule has 98 valence electrons. The van der Waals surface area contributed by atoms with Crippen LogP contribution in [0.1, 0.15) is 15.9 Å². The highest BCUT2D eigenvalue weighted by molar-refractivity contribution is 9.10. The summed E-state index contributed by atoms with van der Waals surface area (Å²) < 4.78 is 1.75. The molecule has 0 atom stereocenters. The van der Waals surface area contributed by atoms with Crippen molar-refractivity contribution in [3.8, 4) is 0 Å². The van der Waals surface area contributed by atoms with E-state index in [2.05, 4.69) is 49.8 Å². The standard InChI is InChI=1S/C14H11Br2NOS/c1-8-2-5-11(16)12(6-8)17-14(18)10-4-3-9(15)7-13(10)19/h2-7,19H,1H3,(H,17,18). The molecule has 0 saturated heterocycles. The largest absolute Gasteiger partial charge is 0.321 e. The van der Waals surface area contributed by atoms with Crippen molar-refractivity contribution in [3.05, 3.63) is 56.5 Å². The summed E-state index contributed by atoms with van der Waals surface area (Å²) >= 11 is 11.1. The zero-order valence-electron chi connectivity index (χ0n) is 10.1. The molecule has 0 aliphatic heterocycles. The van der Waals surface area contributed by atoms with Crippen molar-refractivity contribution in [3.63, 3.8) is 0 Å². The third-order valence-corrected chi connectivity index (χ3v) is 4.13. The average molecular weight is 401 g/mol. The van der Waals surface area contributed by atoms with Crippen LogP contribution in [0.25, 0.3) is 0 Å². The fourth-order valence-corrected chi connectivity index (χ4v) is 2.82. The van der Waals surface area contributed by atoms with Crippen molar-refractivity contribution in [1.82, 2.24) is 0 Å². The van der Waals surface area contributed by atoms with E-state index in [9.17, 15) is 4.79 Å². The Balaban J connectivity index is 2.28. The van der Waals surface area contributed by atoms with Crippen molar-refractivity contribution < 1.29 is 4.79 Å². The molecule has 19 heavy (non-hydrogen) atoms. The van der Waals surface area contributed by atoms with Gasteiger partial charge in [0.1, 0.15) is 0 Å². The summed E-state index contributed by atoms with van der Waals surface area (Å²) in [5.74, 6) is -0.177. The molecule has 2 rings (SSSR count). The maximum atomic E-state index is 12.2. The minimum atomic E-state index is -0.177. The molecular formula is C14H11Br2NOS. The second-order valence-corrected chi connectivity index (χ2v) is 6.35. The lowest BCUT2D eigenvalue weighted by atomic mass is 10.2. The zero-order valence-corrected chi connectivity index (χ0v) is 14.1. The Hall–Kier alpha value is -0.780. The number of anilines is 1. The summed E-state index contributed by atoms with van der Waals surface area (Å²) in [6.45, 7) is 1.98. The number of hydrogen-bond acceptors (Lipinski definition) is 2. The van der Waals surface area contributed by atoms with E-state index < -0.39 is 0 Å². The van der Waals surface area contributed by atoms with Gasteiger partial charge in [0.2, 0.25) is 0 Å². The van der Waals surface area contributed by atoms with Gasteiger partial charge in [0.15, 0.2) is 0 Å². The molecule has 0 heterocycles. The average Bonchev–Trinajstić information content (AvgIpc) is 2.33. The van der Waals surface area contributed by atoms with Crippen LogP contribution in [0.4, 0.5) is 5.69 Å². The second kappa shape index (κ2) is 6.11. The van der Waals surface area contributed by atoms with Gasteiger partial charge in [-0.1, -0.05) is 22.0 Å². The van der Waals surface area contributed by atoms with Gasteiger partial charge in [0, 0.05) is 13.8 Å². The fourth-order valence-electron chi connectivity index (χ4n) is 1.62. The molecule has 0 aromatic heterocycles. The molecule has 5 heteroatoms. The first kappa shape index (κ1) is 14.6.